The highest BCUT2D eigenvalue weighted by Gasteiger charge is 1.70. The number of nitrogens with one attached hydrogen (secondary N) is 2. The summed E-state index contributed by atoms with van der Waals surface area (Å²) < 4.78 is 0. The SMILES string of the molecule is CN/C=C\C(=N)S. The second-order valence-electron chi connectivity index (χ2n) is 1.01. The van der Waals surface area contributed by atoms with Crippen LogP contribution in [0.5, 0.6) is 0 Å². The summed E-state index contributed by atoms with van der Waals surface area (Å²) in [4.78, 5) is 0. The predicted octanol–water partition coefficient (Wildman–Crippen LogP) is 0.627. The summed E-state index contributed by atoms with van der Waals surface area (Å²) in [6, 6.07) is 0. The zero-order valence-electron chi connectivity index (χ0n) is 4.10. The minimum atomic E-state index is 0.259. The Kier molecular flexibility index (Phi) is 3.50. The van der Waals surface area contributed by atoms with E-state index in [1.165, 1.54) is 0 Å². The van der Waals surface area contributed by atoms with Crippen LogP contribution in [0.1, 0.15) is 0 Å². The molecule has 0 radical (unpaired) electrons. The molecule has 40 valence electrons. The van der Waals surface area contributed by atoms with E-state index in [0.29, 0.717) is 0 Å². The average molecular weight is 116 g/mol. The van der Waals surface area contributed by atoms with Crippen LogP contribution in [-0.2, 0) is 0 Å². The molecule has 0 unspecified atom stereocenters. The van der Waals surface area contributed by atoms with E-state index in [9.17, 15) is 0 Å². The molecule has 0 spiro atoms. The molecule has 2 nitrogen and oxygen atoms in total. The Morgan fingerprint density at radius 3 is 2.57 bits per heavy atom. The number of hydrogen-bond donors (Lipinski definition) is 3. The molecule has 0 aliphatic carbocycles. The van der Waals surface area contributed by atoms with Crippen molar-refractivity contribution in [2.24, 2.45) is 0 Å². The van der Waals surface area contributed by atoms with Crippen molar-refractivity contribution in [3.63, 3.8) is 0 Å². The largest absolute Gasteiger partial charge is 0.394 e. The van der Waals surface area contributed by atoms with E-state index in [1.807, 2.05) is 0 Å². The van der Waals surface area contributed by atoms with Gasteiger partial charge in [0.1, 0.15) is 0 Å². The van der Waals surface area contributed by atoms with E-state index in [0.717, 1.165) is 0 Å². The molecule has 0 atom stereocenters. The van der Waals surface area contributed by atoms with Gasteiger partial charge in [0, 0.05) is 7.05 Å². The Labute approximate surface area is 48.5 Å². The van der Waals surface area contributed by atoms with Crippen LogP contribution < -0.4 is 5.32 Å². The number of hydrogen-bond acceptors (Lipinski definition) is 2. The Hall–Kier alpha value is -0.440. The monoisotopic (exact) mass is 116 g/mol. The van der Waals surface area contributed by atoms with Crippen LogP contribution in [0.3, 0.4) is 0 Å². The lowest BCUT2D eigenvalue weighted by molar-refractivity contribution is 1.11. The minimum absolute atomic E-state index is 0.259. The predicted molar refractivity (Wildman–Crippen MR) is 34.9 cm³/mol. The maximum atomic E-state index is 6.74. The molecule has 0 bridgehead atoms. The zero-order valence-corrected chi connectivity index (χ0v) is 5.00. The third-order valence-corrected chi connectivity index (χ3v) is 0.557. The first-order valence-corrected chi connectivity index (χ1v) is 2.33. The maximum Gasteiger partial charge on any atom is 0.0853 e. The highest BCUT2D eigenvalue weighted by molar-refractivity contribution is 7.97. The summed E-state index contributed by atoms with van der Waals surface area (Å²) in [5.41, 5.74) is 0. The van der Waals surface area contributed by atoms with E-state index in [2.05, 4.69) is 17.9 Å². The van der Waals surface area contributed by atoms with Crippen molar-refractivity contribution >= 4 is 17.7 Å². The molecule has 0 rings (SSSR count). The Bertz CT molecular complexity index is 87.7. The molecule has 3 heteroatoms. The maximum absolute atomic E-state index is 6.74. The molecule has 0 aromatic rings. The summed E-state index contributed by atoms with van der Waals surface area (Å²) in [5.74, 6) is 0. The molecule has 7 heavy (non-hydrogen) atoms. The van der Waals surface area contributed by atoms with E-state index < -0.39 is 0 Å². The van der Waals surface area contributed by atoms with Gasteiger partial charge < -0.3 is 5.32 Å². The first-order valence-electron chi connectivity index (χ1n) is 1.88. The van der Waals surface area contributed by atoms with Crippen molar-refractivity contribution in [1.82, 2.24) is 5.32 Å². The quantitative estimate of drug-likeness (QED) is 0.276. The molecule has 0 aliphatic rings. The summed E-state index contributed by atoms with van der Waals surface area (Å²) in [6.45, 7) is 0. The van der Waals surface area contributed by atoms with Crippen molar-refractivity contribution < 1.29 is 0 Å². The van der Waals surface area contributed by atoms with Crippen molar-refractivity contribution in [2.75, 3.05) is 7.05 Å². The Balaban J connectivity index is 3.26. The fourth-order valence-corrected chi connectivity index (χ4v) is 0.237. The van der Waals surface area contributed by atoms with Gasteiger partial charge in [0.25, 0.3) is 0 Å². The van der Waals surface area contributed by atoms with Crippen molar-refractivity contribution in [2.45, 2.75) is 0 Å². The second kappa shape index (κ2) is 3.74. The van der Waals surface area contributed by atoms with Gasteiger partial charge in [-0.15, -0.1) is 12.6 Å². The molecule has 0 aliphatic heterocycles. The lowest BCUT2D eigenvalue weighted by Crippen LogP contribution is -1.92. The van der Waals surface area contributed by atoms with E-state index in [1.54, 1.807) is 19.3 Å². The van der Waals surface area contributed by atoms with Gasteiger partial charge in [-0.25, -0.2) is 0 Å². The first-order chi connectivity index (χ1) is 3.27. The van der Waals surface area contributed by atoms with Crippen LogP contribution in [0.4, 0.5) is 0 Å². The average Bonchev–Trinajstić information content (AvgIpc) is 1.61. The van der Waals surface area contributed by atoms with Crippen LogP contribution >= 0.6 is 12.6 Å². The van der Waals surface area contributed by atoms with E-state index in [4.69, 9.17) is 5.41 Å². The first kappa shape index (κ1) is 6.56. The lowest BCUT2D eigenvalue weighted by atomic mass is 10.6. The topological polar surface area (TPSA) is 35.9 Å². The summed E-state index contributed by atoms with van der Waals surface area (Å²) in [7, 11) is 1.77. The summed E-state index contributed by atoms with van der Waals surface area (Å²) >= 11 is 3.69. The lowest BCUT2D eigenvalue weighted by Gasteiger charge is -1.81. The standard InChI is InChI=1S/C4H8N2S/c1-6-3-2-4(5)7/h2-3,6H,1H3,(H2,5,7)/b3-2-. The van der Waals surface area contributed by atoms with Gasteiger partial charge in [-0.3, -0.25) is 5.41 Å². The van der Waals surface area contributed by atoms with Crippen LogP contribution in [0.15, 0.2) is 12.3 Å². The summed E-state index contributed by atoms with van der Waals surface area (Å²) in [6.07, 6.45) is 3.21. The van der Waals surface area contributed by atoms with Crippen LogP contribution in [0, 0.1) is 5.41 Å². The molecular weight excluding hydrogens is 108 g/mol. The Morgan fingerprint density at radius 2 is 2.43 bits per heavy atom. The molecular formula is C4H8N2S. The molecule has 0 saturated carbocycles. The molecule has 0 heterocycles. The van der Waals surface area contributed by atoms with Crippen molar-refractivity contribution in [3.8, 4) is 0 Å². The third-order valence-electron chi connectivity index (χ3n) is 0.408. The number of thiol groups is 1. The van der Waals surface area contributed by atoms with Crippen LogP contribution in [0.2, 0.25) is 0 Å². The third kappa shape index (κ3) is 5.56. The van der Waals surface area contributed by atoms with Crippen LogP contribution in [-0.4, -0.2) is 12.1 Å². The van der Waals surface area contributed by atoms with Crippen molar-refractivity contribution in [1.29, 1.82) is 5.41 Å². The number of rotatable bonds is 2. The molecule has 2 N–H and O–H groups in total. The van der Waals surface area contributed by atoms with Gasteiger partial charge >= 0.3 is 0 Å². The minimum Gasteiger partial charge on any atom is -0.394 e. The second-order valence-corrected chi connectivity index (χ2v) is 1.49. The smallest absolute Gasteiger partial charge is 0.0853 e. The van der Waals surface area contributed by atoms with Gasteiger partial charge in [-0.1, -0.05) is 0 Å². The highest BCUT2D eigenvalue weighted by Crippen LogP contribution is 1.77. The van der Waals surface area contributed by atoms with Gasteiger partial charge in [0.2, 0.25) is 0 Å². The van der Waals surface area contributed by atoms with Gasteiger partial charge in [-0.2, -0.15) is 0 Å². The Morgan fingerprint density at radius 1 is 1.86 bits per heavy atom. The van der Waals surface area contributed by atoms with Crippen molar-refractivity contribution in [3.05, 3.63) is 12.3 Å². The fourth-order valence-electron chi connectivity index (χ4n) is 0.162. The molecule has 0 amide bonds. The summed E-state index contributed by atoms with van der Waals surface area (Å²) in [5, 5.41) is 9.72. The molecule has 0 aromatic heterocycles. The zero-order chi connectivity index (χ0) is 5.70. The highest BCUT2D eigenvalue weighted by atomic mass is 32.1. The normalized spacial score (nSPS) is 9.43. The van der Waals surface area contributed by atoms with Gasteiger partial charge in [0.15, 0.2) is 0 Å². The van der Waals surface area contributed by atoms with E-state index >= 15 is 0 Å². The van der Waals surface area contributed by atoms with Gasteiger partial charge in [0.05, 0.1) is 5.04 Å². The van der Waals surface area contributed by atoms with Gasteiger partial charge in [-0.05, 0) is 12.3 Å². The molecule has 0 saturated heterocycles. The molecule has 0 aromatic carbocycles. The van der Waals surface area contributed by atoms with E-state index in [-0.39, 0.29) is 5.04 Å². The fraction of sp³-hybridized carbons (Fsp3) is 0.250. The van der Waals surface area contributed by atoms with Crippen LogP contribution in [0.25, 0.3) is 0 Å². The molecule has 0 fully saturated rings.